The fraction of sp³-hybridized carbons (Fsp3) is 0.350. The Bertz CT molecular complexity index is 958. The summed E-state index contributed by atoms with van der Waals surface area (Å²) in [6, 6.07) is 1.87. The van der Waals surface area contributed by atoms with E-state index in [9.17, 15) is 4.79 Å². The number of nitrogens with zero attached hydrogens (tertiary/aromatic N) is 5. The number of nitrogens with one attached hydrogen (secondary N) is 2. The number of rotatable bonds is 4. The van der Waals surface area contributed by atoms with E-state index in [1.54, 1.807) is 12.4 Å². The Kier molecular flexibility index (Phi) is 12.0. The van der Waals surface area contributed by atoms with Crippen molar-refractivity contribution in [1.82, 2.24) is 25.0 Å². The van der Waals surface area contributed by atoms with Crippen molar-refractivity contribution in [3.63, 3.8) is 0 Å². The molecule has 0 spiro atoms. The Labute approximate surface area is 202 Å². The van der Waals surface area contributed by atoms with Gasteiger partial charge in [-0.25, -0.2) is 0 Å². The van der Waals surface area contributed by atoms with Crippen LogP contribution in [0, 0.1) is 20.8 Å². The number of carbonyl (C=O) groups is 1. The van der Waals surface area contributed by atoms with Crippen LogP contribution < -0.4 is 11.1 Å². The predicted molar refractivity (Wildman–Crippen MR) is 116 cm³/mol. The van der Waals surface area contributed by atoms with E-state index in [0.717, 1.165) is 28.1 Å². The second-order valence-electron chi connectivity index (χ2n) is 5.58. The zero-order valence-corrected chi connectivity index (χ0v) is 21.4. The van der Waals surface area contributed by atoms with Crippen molar-refractivity contribution in [3.8, 4) is 5.69 Å². The summed E-state index contributed by atoms with van der Waals surface area (Å²) in [5.74, 6) is -0.681. The van der Waals surface area contributed by atoms with Crippen LogP contribution in [0.25, 0.3) is 11.4 Å². The van der Waals surface area contributed by atoms with E-state index in [1.165, 1.54) is 11.0 Å². The molecule has 0 aliphatic carbocycles. The standard InChI is InChI=1S/C16H18N8O.2C2H6.Y/c1-8-9(2)12(6-13(10(8)3)24-20-4-5-21-24)22-15-11(14(17)25)7-19-16(18)23-15;2*1-2;/h4-7H,1-3H3,(H5,17,18,19,22,23,25);2*1-2H3;/p-1. The van der Waals surface area contributed by atoms with Gasteiger partial charge in [-0.05, 0) is 49.7 Å². The van der Waals surface area contributed by atoms with Gasteiger partial charge in [0.05, 0.1) is 29.5 Å². The van der Waals surface area contributed by atoms with Gasteiger partial charge < -0.3 is 26.8 Å². The van der Waals surface area contributed by atoms with Crippen molar-refractivity contribution in [3.05, 3.63) is 52.6 Å². The summed E-state index contributed by atoms with van der Waals surface area (Å²) in [7, 11) is 0. The average molecular weight is 486 g/mol. The van der Waals surface area contributed by atoms with E-state index in [-0.39, 0.29) is 50.0 Å². The number of hydrogen-bond donors (Lipinski definition) is 2. The van der Waals surface area contributed by atoms with Crippen molar-refractivity contribution in [2.24, 2.45) is 5.73 Å². The van der Waals surface area contributed by atoms with Crippen molar-refractivity contribution in [2.45, 2.75) is 48.5 Å². The van der Waals surface area contributed by atoms with Crippen LogP contribution in [0.2, 0.25) is 0 Å². The zero-order chi connectivity index (χ0) is 22.1. The van der Waals surface area contributed by atoms with Crippen LogP contribution in [-0.2, 0) is 32.7 Å². The molecule has 2 heterocycles. The normalized spacial score (nSPS) is 9.30. The van der Waals surface area contributed by atoms with Gasteiger partial charge in [0.1, 0.15) is 0 Å². The van der Waals surface area contributed by atoms with Crippen LogP contribution >= 0.6 is 0 Å². The van der Waals surface area contributed by atoms with Crippen LogP contribution in [0.15, 0.2) is 24.7 Å². The van der Waals surface area contributed by atoms with E-state index in [1.807, 2.05) is 54.5 Å². The summed E-state index contributed by atoms with van der Waals surface area (Å²) < 4.78 is 0. The molecule has 0 bridgehead atoms. The molecule has 1 radical (unpaired) electrons. The van der Waals surface area contributed by atoms with Gasteiger partial charge in [-0.2, -0.15) is 15.0 Å². The maximum atomic E-state index is 11.6. The number of anilines is 2. The average Bonchev–Trinajstić information content (AvgIpc) is 3.26. The molecule has 0 fully saturated rings. The molecular formula is C20H29N8OY-. The van der Waals surface area contributed by atoms with Gasteiger partial charge in [0.25, 0.3) is 5.91 Å². The fourth-order valence-corrected chi connectivity index (χ4v) is 2.49. The van der Waals surface area contributed by atoms with Gasteiger partial charge in [0.15, 0.2) is 0 Å². The van der Waals surface area contributed by atoms with E-state index >= 15 is 0 Å². The minimum absolute atomic E-state index is 0. The Morgan fingerprint density at radius 1 is 1.03 bits per heavy atom. The third kappa shape index (κ3) is 6.30. The van der Waals surface area contributed by atoms with Crippen molar-refractivity contribution >= 4 is 23.4 Å². The molecule has 159 valence electrons. The van der Waals surface area contributed by atoms with E-state index in [4.69, 9.17) is 11.5 Å². The summed E-state index contributed by atoms with van der Waals surface area (Å²) in [6.45, 7) is 13.9. The Morgan fingerprint density at radius 2 is 1.60 bits per heavy atom. The molecule has 10 heteroatoms. The smallest absolute Gasteiger partial charge is 0.251 e. The molecule has 0 unspecified atom stereocenters. The van der Waals surface area contributed by atoms with Gasteiger partial charge in [0.2, 0.25) is 0 Å². The molecule has 0 aliphatic rings. The van der Waals surface area contributed by atoms with Crippen molar-refractivity contribution in [2.75, 3.05) is 5.32 Å². The van der Waals surface area contributed by atoms with Crippen molar-refractivity contribution < 1.29 is 37.5 Å². The Balaban J connectivity index is 0.00000159. The van der Waals surface area contributed by atoms with E-state index in [0.29, 0.717) is 0 Å². The molecule has 2 aromatic heterocycles. The third-order valence-corrected chi connectivity index (χ3v) is 4.14. The van der Waals surface area contributed by atoms with Gasteiger partial charge in [-0.15, -0.1) is 0 Å². The van der Waals surface area contributed by atoms with E-state index in [2.05, 4.69) is 25.5 Å². The Hall–Kier alpha value is -2.39. The summed E-state index contributed by atoms with van der Waals surface area (Å²) >= 11 is 0. The molecule has 30 heavy (non-hydrogen) atoms. The molecule has 0 atom stereocenters. The summed E-state index contributed by atoms with van der Waals surface area (Å²) in [5.41, 5.74) is 17.7. The molecule has 1 aromatic carbocycles. The first-order valence-corrected chi connectivity index (χ1v) is 9.51. The first-order chi connectivity index (χ1) is 13.9. The molecule has 1 amide bonds. The summed E-state index contributed by atoms with van der Waals surface area (Å²) in [4.78, 5) is 20.8. The van der Waals surface area contributed by atoms with Crippen LogP contribution in [0.4, 0.5) is 17.5 Å². The number of primary amides is 1. The molecule has 4 N–H and O–H groups in total. The number of amides is 1. The van der Waals surface area contributed by atoms with Gasteiger partial charge in [-0.3, -0.25) is 4.79 Å². The first-order valence-electron chi connectivity index (χ1n) is 9.51. The van der Waals surface area contributed by atoms with Gasteiger partial charge in [-0.1, -0.05) is 27.7 Å². The third-order valence-electron chi connectivity index (χ3n) is 4.14. The Morgan fingerprint density at radius 3 is 2.13 bits per heavy atom. The minimum Gasteiger partial charge on any atom is -0.410 e. The first kappa shape index (κ1) is 27.6. The topological polar surface area (TPSA) is 135 Å². The van der Waals surface area contributed by atoms with Gasteiger partial charge in [0, 0.05) is 44.3 Å². The largest absolute Gasteiger partial charge is 0.410 e. The van der Waals surface area contributed by atoms with Crippen LogP contribution in [-0.4, -0.2) is 30.9 Å². The van der Waals surface area contributed by atoms with Crippen molar-refractivity contribution in [1.29, 1.82) is 0 Å². The number of benzene rings is 1. The second kappa shape index (κ2) is 13.0. The SMILES string of the molecule is CC.CC.Cc1c(Nc2nc([NH-])ncc2C(N)=O)cc(-n2nccn2)c(C)c1C.[Y]. The zero-order valence-electron chi connectivity index (χ0n) is 18.6. The quantitative estimate of drug-likeness (QED) is 0.555. The minimum atomic E-state index is -0.669. The number of carbonyl (C=O) groups excluding carboxylic acids is 1. The second-order valence-corrected chi connectivity index (χ2v) is 5.58. The number of nitrogens with two attached hydrogens (primary N) is 1. The predicted octanol–water partition coefficient (Wildman–Crippen LogP) is 4.56. The summed E-state index contributed by atoms with van der Waals surface area (Å²) in [6.07, 6.45) is 4.44. The maximum Gasteiger partial charge on any atom is 0.251 e. The maximum absolute atomic E-state index is 11.6. The fourth-order valence-electron chi connectivity index (χ4n) is 2.49. The van der Waals surface area contributed by atoms with E-state index < -0.39 is 5.91 Å². The van der Waals surface area contributed by atoms with Gasteiger partial charge >= 0.3 is 0 Å². The molecule has 0 saturated heterocycles. The number of hydrogen-bond acceptors (Lipinski definition) is 6. The molecule has 9 nitrogen and oxygen atoms in total. The number of aromatic nitrogens is 5. The molecule has 0 aliphatic heterocycles. The monoisotopic (exact) mass is 486 g/mol. The molecule has 3 rings (SSSR count). The molecule has 3 aromatic rings. The van der Waals surface area contributed by atoms with Crippen LogP contribution in [0.5, 0.6) is 0 Å². The molecule has 0 saturated carbocycles. The summed E-state index contributed by atoms with van der Waals surface area (Å²) in [5, 5.41) is 11.4. The van der Waals surface area contributed by atoms with Crippen LogP contribution in [0.3, 0.4) is 0 Å². The van der Waals surface area contributed by atoms with Crippen LogP contribution in [0.1, 0.15) is 54.7 Å². The molecular weight excluding hydrogens is 457 g/mol.